The summed E-state index contributed by atoms with van der Waals surface area (Å²) in [4.78, 5) is 25.4. The second-order valence-corrected chi connectivity index (χ2v) is 7.91. The van der Waals surface area contributed by atoms with Gasteiger partial charge in [-0.2, -0.15) is 5.10 Å². The molecule has 0 saturated heterocycles. The highest BCUT2D eigenvalue weighted by Gasteiger charge is 2.37. The van der Waals surface area contributed by atoms with E-state index >= 15 is 0 Å². The van der Waals surface area contributed by atoms with Crippen LogP contribution in [-0.4, -0.2) is 56.8 Å². The molecule has 7 heteroatoms. The van der Waals surface area contributed by atoms with Gasteiger partial charge in [-0.15, -0.1) is 0 Å². The van der Waals surface area contributed by atoms with Gasteiger partial charge in [0.05, 0.1) is 18.3 Å². The predicted molar refractivity (Wildman–Crippen MR) is 93.3 cm³/mol. The average Bonchev–Trinajstić information content (AvgIpc) is 3.17. The van der Waals surface area contributed by atoms with E-state index in [-0.39, 0.29) is 24.5 Å². The van der Waals surface area contributed by atoms with E-state index in [2.05, 4.69) is 29.2 Å². The summed E-state index contributed by atoms with van der Waals surface area (Å²) in [6, 6.07) is 0.395. The molecule has 0 unspecified atom stereocenters. The van der Waals surface area contributed by atoms with E-state index in [1.54, 1.807) is 17.1 Å². The second-order valence-electron chi connectivity index (χ2n) is 7.91. The van der Waals surface area contributed by atoms with Gasteiger partial charge in [0.2, 0.25) is 0 Å². The third-order valence-electron chi connectivity index (χ3n) is 4.94. The van der Waals surface area contributed by atoms with E-state index in [4.69, 9.17) is 5.11 Å². The van der Waals surface area contributed by atoms with Gasteiger partial charge in [-0.1, -0.05) is 13.8 Å². The molecule has 2 aliphatic rings. The van der Waals surface area contributed by atoms with Crippen LogP contribution >= 0.6 is 0 Å². The molecule has 25 heavy (non-hydrogen) atoms. The highest BCUT2D eigenvalue weighted by molar-refractivity contribution is 5.93. The maximum absolute atomic E-state index is 12.3. The molecule has 2 fully saturated rings. The molecule has 0 atom stereocenters. The van der Waals surface area contributed by atoms with Crippen LogP contribution in [0.2, 0.25) is 0 Å². The monoisotopic (exact) mass is 348 g/mol. The minimum Gasteiger partial charge on any atom is -0.480 e. The largest absolute Gasteiger partial charge is 0.480 e. The minimum atomic E-state index is -0.772. The van der Waals surface area contributed by atoms with Gasteiger partial charge in [0.1, 0.15) is 0 Å². The van der Waals surface area contributed by atoms with Crippen molar-refractivity contribution in [2.75, 3.05) is 13.1 Å². The first-order chi connectivity index (χ1) is 11.9. The Bertz CT molecular complexity index is 618. The van der Waals surface area contributed by atoms with E-state index in [9.17, 15) is 9.59 Å². The lowest BCUT2D eigenvalue weighted by Crippen LogP contribution is -2.55. The van der Waals surface area contributed by atoms with Crippen LogP contribution < -0.4 is 5.32 Å². The number of carbonyl (C=O) groups excluding carboxylic acids is 1. The predicted octanol–water partition coefficient (Wildman–Crippen LogP) is 1.60. The maximum Gasteiger partial charge on any atom is 0.317 e. The van der Waals surface area contributed by atoms with Gasteiger partial charge in [-0.25, -0.2) is 0 Å². The van der Waals surface area contributed by atoms with Gasteiger partial charge >= 0.3 is 5.97 Å². The Kier molecular flexibility index (Phi) is 5.42. The highest BCUT2D eigenvalue weighted by Crippen LogP contribution is 2.33. The number of aromatic nitrogens is 2. The van der Waals surface area contributed by atoms with Crippen molar-refractivity contribution < 1.29 is 14.7 Å². The maximum atomic E-state index is 12.3. The normalized spacial score (nSPS) is 22.9. The Morgan fingerprint density at radius 3 is 2.72 bits per heavy atom. The number of carbonyl (C=O) groups is 2. The molecule has 138 valence electrons. The van der Waals surface area contributed by atoms with Crippen molar-refractivity contribution in [3.8, 4) is 0 Å². The first-order valence-electron chi connectivity index (χ1n) is 9.20. The number of nitrogens with zero attached hydrogens (tertiary/aromatic N) is 3. The SMILES string of the molecule is CC(C)Cn1cc(C(=O)NC2CC(N(CC(=O)O)CC3CC3)C2)cn1. The number of nitrogens with one attached hydrogen (secondary N) is 1. The summed E-state index contributed by atoms with van der Waals surface area (Å²) in [6.45, 7) is 5.99. The Labute approximate surface area is 148 Å². The van der Waals surface area contributed by atoms with Crippen molar-refractivity contribution in [3.63, 3.8) is 0 Å². The molecule has 2 saturated carbocycles. The van der Waals surface area contributed by atoms with Gasteiger partial charge in [0.25, 0.3) is 5.91 Å². The van der Waals surface area contributed by atoms with E-state index in [0.717, 1.165) is 25.9 Å². The van der Waals surface area contributed by atoms with E-state index in [1.165, 1.54) is 12.8 Å². The Morgan fingerprint density at radius 1 is 1.40 bits per heavy atom. The van der Waals surface area contributed by atoms with Crippen LogP contribution in [0.5, 0.6) is 0 Å². The molecule has 0 spiro atoms. The Morgan fingerprint density at radius 2 is 2.12 bits per heavy atom. The van der Waals surface area contributed by atoms with Crippen molar-refractivity contribution in [1.29, 1.82) is 0 Å². The van der Waals surface area contributed by atoms with Crippen LogP contribution in [-0.2, 0) is 11.3 Å². The number of rotatable bonds is 9. The Balaban J connectivity index is 1.46. The van der Waals surface area contributed by atoms with Crippen LogP contribution in [0.15, 0.2) is 12.4 Å². The molecule has 0 aromatic carbocycles. The number of carboxylic acid groups (broad SMARTS) is 1. The van der Waals surface area contributed by atoms with E-state index in [0.29, 0.717) is 17.4 Å². The minimum absolute atomic E-state index is 0.0922. The van der Waals surface area contributed by atoms with Crippen LogP contribution in [0.1, 0.15) is 49.9 Å². The lowest BCUT2D eigenvalue weighted by Gasteiger charge is -2.42. The molecule has 0 radical (unpaired) electrons. The number of amides is 1. The summed E-state index contributed by atoms with van der Waals surface area (Å²) in [5.74, 6) is 0.283. The molecule has 1 aromatic heterocycles. The molecule has 3 rings (SSSR count). The van der Waals surface area contributed by atoms with Gasteiger partial charge in [0.15, 0.2) is 0 Å². The molecule has 1 heterocycles. The average molecular weight is 348 g/mol. The van der Waals surface area contributed by atoms with Crippen molar-refractivity contribution in [3.05, 3.63) is 18.0 Å². The zero-order valence-corrected chi connectivity index (χ0v) is 15.0. The topological polar surface area (TPSA) is 87.5 Å². The quantitative estimate of drug-likeness (QED) is 0.708. The fourth-order valence-electron chi connectivity index (χ4n) is 3.38. The van der Waals surface area contributed by atoms with Gasteiger partial charge in [0, 0.05) is 31.4 Å². The second kappa shape index (κ2) is 7.56. The van der Waals surface area contributed by atoms with E-state index in [1.807, 2.05) is 0 Å². The third-order valence-corrected chi connectivity index (χ3v) is 4.94. The molecule has 2 aliphatic carbocycles. The fraction of sp³-hybridized carbons (Fsp3) is 0.722. The summed E-state index contributed by atoms with van der Waals surface area (Å²) in [7, 11) is 0. The van der Waals surface area contributed by atoms with Gasteiger partial charge in [-0.3, -0.25) is 19.2 Å². The summed E-state index contributed by atoms with van der Waals surface area (Å²) in [5.41, 5.74) is 0.587. The van der Waals surface area contributed by atoms with Gasteiger partial charge in [-0.05, 0) is 37.5 Å². The highest BCUT2D eigenvalue weighted by atomic mass is 16.4. The Hall–Kier alpha value is -1.89. The molecule has 0 aliphatic heterocycles. The van der Waals surface area contributed by atoms with Gasteiger partial charge < -0.3 is 10.4 Å². The fourth-order valence-corrected chi connectivity index (χ4v) is 3.38. The third kappa shape index (κ3) is 5.04. The summed E-state index contributed by atoms with van der Waals surface area (Å²) in [6.07, 6.45) is 7.47. The van der Waals surface area contributed by atoms with Crippen molar-refractivity contribution in [1.82, 2.24) is 20.0 Å². The van der Waals surface area contributed by atoms with Crippen LogP contribution in [0.3, 0.4) is 0 Å². The molecule has 1 amide bonds. The van der Waals surface area contributed by atoms with E-state index < -0.39 is 5.97 Å². The first kappa shape index (κ1) is 17.9. The number of aliphatic carboxylic acids is 1. The smallest absolute Gasteiger partial charge is 0.317 e. The van der Waals surface area contributed by atoms with Crippen molar-refractivity contribution in [2.24, 2.45) is 11.8 Å². The lowest BCUT2D eigenvalue weighted by molar-refractivity contribution is -0.139. The molecule has 1 aromatic rings. The van der Waals surface area contributed by atoms with Crippen molar-refractivity contribution in [2.45, 2.75) is 58.2 Å². The molecular formula is C18H28N4O3. The van der Waals surface area contributed by atoms with Crippen LogP contribution in [0.25, 0.3) is 0 Å². The molecule has 0 bridgehead atoms. The lowest BCUT2D eigenvalue weighted by atomic mass is 9.85. The molecular weight excluding hydrogens is 320 g/mol. The zero-order valence-electron chi connectivity index (χ0n) is 15.0. The standard InChI is InChI=1S/C18H28N4O3/c1-12(2)8-22-10-14(7-19-22)18(25)20-15-5-16(6-15)21(11-17(23)24)9-13-3-4-13/h7,10,12-13,15-16H,3-6,8-9,11H2,1-2H3,(H,20,25)(H,23,24). The zero-order chi connectivity index (χ0) is 18.0. The summed E-state index contributed by atoms with van der Waals surface area (Å²) < 4.78 is 1.80. The summed E-state index contributed by atoms with van der Waals surface area (Å²) in [5, 5.41) is 16.4. The first-order valence-corrected chi connectivity index (χ1v) is 9.20. The number of hydrogen-bond donors (Lipinski definition) is 2. The van der Waals surface area contributed by atoms with Crippen molar-refractivity contribution >= 4 is 11.9 Å². The summed E-state index contributed by atoms with van der Waals surface area (Å²) >= 11 is 0. The van der Waals surface area contributed by atoms with Crippen LogP contribution in [0.4, 0.5) is 0 Å². The molecule has 7 nitrogen and oxygen atoms in total. The number of hydrogen-bond acceptors (Lipinski definition) is 4. The van der Waals surface area contributed by atoms with Crippen LogP contribution in [0, 0.1) is 11.8 Å². The molecule has 2 N–H and O–H groups in total. The number of carboxylic acids is 1.